The fraction of sp³-hybridized carbons (Fsp3) is 0.674. The van der Waals surface area contributed by atoms with Crippen LogP contribution in [0.1, 0.15) is 117 Å². The van der Waals surface area contributed by atoms with Gasteiger partial charge in [-0.25, -0.2) is 4.79 Å². The Bertz CT molecular complexity index is 1550. The third-order valence-electron chi connectivity index (χ3n) is 10.5. The minimum atomic E-state index is -1.41. The van der Waals surface area contributed by atoms with Crippen molar-refractivity contribution in [2.45, 2.75) is 147 Å². The van der Waals surface area contributed by atoms with Gasteiger partial charge in [-0.05, 0) is 58.9 Å². The van der Waals surface area contributed by atoms with Gasteiger partial charge >= 0.3 is 6.09 Å². The molecule has 0 radical (unpaired) electrons. The van der Waals surface area contributed by atoms with Gasteiger partial charge in [0.05, 0.1) is 30.8 Å². The number of carbonyl (C=O) groups excluding carboxylic acids is 6. The Kier molecular flexibility index (Phi) is 19.3. The molecule has 58 heavy (non-hydrogen) atoms. The second kappa shape index (κ2) is 23.3. The number of ether oxygens (including phenoxy) is 2. The smallest absolute Gasteiger partial charge is 0.408 e. The minimum absolute atomic E-state index is 0.159. The molecule has 2 heterocycles. The summed E-state index contributed by atoms with van der Waals surface area (Å²) in [5.41, 5.74) is 0.336. The van der Waals surface area contributed by atoms with Crippen LogP contribution in [0.2, 0.25) is 0 Å². The second-order valence-corrected chi connectivity index (χ2v) is 16.5. The highest BCUT2D eigenvalue weighted by molar-refractivity contribution is 6.38. The summed E-state index contributed by atoms with van der Waals surface area (Å²) in [5.74, 6) is -3.99. The van der Waals surface area contributed by atoms with Crippen LogP contribution in [0.3, 0.4) is 0 Å². The summed E-state index contributed by atoms with van der Waals surface area (Å²) in [5, 5.41) is 22.9. The topological polar surface area (TPSA) is 196 Å². The van der Waals surface area contributed by atoms with Gasteiger partial charge in [-0.15, -0.1) is 0 Å². The Morgan fingerprint density at radius 3 is 2.24 bits per heavy atom. The molecule has 5 amide bonds. The molecule has 3 rings (SSSR count). The van der Waals surface area contributed by atoms with Crippen LogP contribution in [-0.4, -0.2) is 120 Å². The number of nitrogens with zero attached hydrogens (tertiary/aromatic N) is 2. The normalized spacial score (nSPS) is 24.6. The van der Waals surface area contributed by atoms with Gasteiger partial charge in [-0.3, -0.25) is 28.9 Å². The maximum atomic E-state index is 14.6. The molecular weight excluding hydrogens is 745 g/mol. The lowest BCUT2D eigenvalue weighted by molar-refractivity contribution is -0.142. The Balaban J connectivity index is 1.91. The highest BCUT2D eigenvalue weighted by Crippen LogP contribution is 2.34. The molecule has 1 aromatic rings. The standard InChI is InChI=1S/C43H68N6O9/c1-9-21-30-32(57-10-2)27-49-36(30)38(52)45-31(37(51)39(53)44-26-33(50)46-35(40(54)48(7)8)29-23-18-16-19-24-29)25-20-15-13-11-12-14-17-22-28(3)34(41(49)55)47-42(56)58-43(4,5)6/h16,18-19,23-24,30-32,34-36,41,55H,3,9-15,17,20-22,25-27H2,1-2,4-8H3,(H,44,53)(H,45,52)(H,46,50)(H,47,56)/t30?,31-,32-,34-,35-,36-,41?/m0/s1. The van der Waals surface area contributed by atoms with Crippen LogP contribution in [0.15, 0.2) is 42.5 Å². The van der Waals surface area contributed by atoms with Crippen molar-refractivity contribution < 1.29 is 43.3 Å². The predicted molar refractivity (Wildman–Crippen MR) is 220 cm³/mol. The molecule has 0 spiro atoms. The first-order valence-corrected chi connectivity index (χ1v) is 20.9. The largest absolute Gasteiger partial charge is 0.444 e. The molecule has 2 unspecified atom stereocenters. The molecule has 2 aliphatic heterocycles. The molecule has 5 N–H and O–H groups in total. The third kappa shape index (κ3) is 14.5. The van der Waals surface area contributed by atoms with Gasteiger partial charge in [0.1, 0.15) is 17.9 Å². The lowest BCUT2D eigenvalue weighted by Gasteiger charge is -2.37. The summed E-state index contributed by atoms with van der Waals surface area (Å²) < 4.78 is 11.7. The van der Waals surface area contributed by atoms with Crippen molar-refractivity contribution in [3.63, 3.8) is 0 Å². The summed E-state index contributed by atoms with van der Waals surface area (Å²) in [6.07, 6.45) is 5.22. The van der Waals surface area contributed by atoms with Gasteiger partial charge in [-0.2, -0.15) is 0 Å². The number of Topliss-reactive ketones (excluding diaryl/α,β-unsaturated/α-hetero) is 1. The van der Waals surface area contributed by atoms with Crippen LogP contribution in [0.5, 0.6) is 0 Å². The van der Waals surface area contributed by atoms with Crippen molar-refractivity contribution in [1.29, 1.82) is 0 Å². The van der Waals surface area contributed by atoms with Crippen LogP contribution >= 0.6 is 0 Å². The van der Waals surface area contributed by atoms with E-state index in [0.717, 1.165) is 38.5 Å². The number of carbonyl (C=O) groups is 6. The van der Waals surface area contributed by atoms with Crippen molar-refractivity contribution in [2.24, 2.45) is 5.92 Å². The monoisotopic (exact) mass is 813 g/mol. The number of benzene rings is 1. The van der Waals surface area contributed by atoms with Gasteiger partial charge in [0.15, 0.2) is 0 Å². The maximum absolute atomic E-state index is 14.6. The van der Waals surface area contributed by atoms with Gasteiger partial charge < -0.3 is 40.7 Å². The van der Waals surface area contributed by atoms with E-state index in [9.17, 15) is 33.9 Å². The van der Waals surface area contributed by atoms with Gasteiger partial charge in [0, 0.05) is 33.2 Å². The van der Waals surface area contributed by atoms with E-state index in [1.54, 1.807) is 70.1 Å². The zero-order chi connectivity index (χ0) is 43.0. The van der Waals surface area contributed by atoms with Crippen molar-refractivity contribution in [3.05, 3.63) is 48.0 Å². The van der Waals surface area contributed by atoms with Crippen LogP contribution in [0.4, 0.5) is 4.79 Å². The molecule has 15 nitrogen and oxygen atoms in total. The lowest BCUT2D eigenvalue weighted by atomic mass is 9.91. The summed E-state index contributed by atoms with van der Waals surface area (Å²) in [6, 6.07) is 4.45. The SMILES string of the molecule is C=C1CCCCCCCCC[C@@H](C(=O)C(=O)NCC(=O)N[C@H](C(=O)N(C)C)c2ccccc2)NC(=O)[C@@H]2C(CCC)[C@@H](OCC)CN2C(O)[C@H]1NC(=O)OC(C)(C)C. The Hall–Kier alpha value is -4.34. The van der Waals surface area contributed by atoms with Gasteiger partial charge in [0.25, 0.3) is 5.91 Å². The molecule has 2 aliphatic rings. The summed E-state index contributed by atoms with van der Waals surface area (Å²) in [7, 11) is 3.14. The van der Waals surface area contributed by atoms with Crippen molar-refractivity contribution in [1.82, 2.24) is 31.1 Å². The summed E-state index contributed by atoms with van der Waals surface area (Å²) in [4.78, 5) is 83.9. The number of fused-ring (bicyclic) bond motifs is 1. The van der Waals surface area contributed by atoms with E-state index in [4.69, 9.17) is 9.47 Å². The lowest BCUT2D eigenvalue weighted by Crippen LogP contribution is -2.59. The van der Waals surface area contributed by atoms with Crippen LogP contribution in [0.25, 0.3) is 0 Å². The van der Waals surface area contributed by atoms with E-state index in [0.29, 0.717) is 43.4 Å². The highest BCUT2D eigenvalue weighted by atomic mass is 16.6. The molecular formula is C43H68N6O9. The zero-order valence-electron chi connectivity index (χ0n) is 35.6. The molecule has 2 saturated heterocycles. The average molecular weight is 813 g/mol. The number of hydrogen-bond donors (Lipinski definition) is 5. The van der Waals surface area contributed by atoms with E-state index >= 15 is 0 Å². The second-order valence-electron chi connectivity index (χ2n) is 16.5. The molecule has 2 fully saturated rings. The number of ketones is 1. The van der Waals surface area contributed by atoms with E-state index in [1.807, 2.05) is 13.8 Å². The number of aliphatic hydroxyl groups excluding tert-OH is 1. The molecule has 0 bridgehead atoms. The number of likely N-dealkylation sites (N-methyl/N-ethyl adjacent to an activating group) is 1. The molecule has 15 heteroatoms. The first kappa shape index (κ1) is 48.0. The minimum Gasteiger partial charge on any atom is -0.444 e. The molecule has 7 atom stereocenters. The Labute approximate surface area is 344 Å². The van der Waals surface area contributed by atoms with Gasteiger partial charge in [0.2, 0.25) is 23.5 Å². The summed E-state index contributed by atoms with van der Waals surface area (Å²) >= 11 is 0. The molecule has 1 aromatic carbocycles. The van der Waals surface area contributed by atoms with Crippen molar-refractivity contribution in [3.8, 4) is 0 Å². The first-order chi connectivity index (χ1) is 27.5. The first-order valence-electron chi connectivity index (χ1n) is 20.9. The number of nitrogens with one attached hydrogen (secondary N) is 4. The van der Waals surface area contributed by atoms with Gasteiger partial charge in [-0.1, -0.05) is 94.4 Å². The molecule has 0 aliphatic carbocycles. The van der Waals surface area contributed by atoms with Crippen molar-refractivity contribution in [2.75, 3.05) is 33.8 Å². The van der Waals surface area contributed by atoms with E-state index < -0.39 is 84.2 Å². The van der Waals surface area contributed by atoms with E-state index in [1.165, 1.54) is 4.90 Å². The fourth-order valence-corrected chi connectivity index (χ4v) is 7.68. The third-order valence-corrected chi connectivity index (χ3v) is 10.5. The number of hydrogen-bond acceptors (Lipinski definition) is 10. The summed E-state index contributed by atoms with van der Waals surface area (Å²) in [6.45, 7) is 13.3. The van der Waals surface area contributed by atoms with Crippen LogP contribution in [-0.2, 0) is 33.4 Å². The molecule has 324 valence electrons. The zero-order valence-corrected chi connectivity index (χ0v) is 35.6. The quantitative estimate of drug-likeness (QED) is 0.153. The van der Waals surface area contributed by atoms with E-state index in [2.05, 4.69) is 27.8 Å². The maximum Gasteiger partial charge on any atom is 0.408 e. The van der Waals surface area contributed by atoms with Crippen LogP contribution in [0, 0.1) is 5.92 Å². The number of aliphatic hydroxyl groups is 1. The number of amides is 5. The fourth-order valence-electron chi connectivity index (χ4n) is 7.68. The molecule has 0 aromatic heterocycles. The van der Waals surface area contributed by atoms with E-state index in [-0.39, 0.29) is 18.9 Å². The highest BCUT2D eigenvalue weighted by Gasteiger charge is 2.50. The van der Waals surface area contributed by atoms with Crippen molar-refractivity contribution >= 4 is 35.5 Å². The predicted octanol–water partition coefficient (Wildman–Crippen LogP) is 3.90. The number of alkyl carbamates (subject to hydrolysis) is 1. The average Bonchev–Trinajstić information content (AvgIpc) is 3.53. The van der Waals surface area contributed by atoms with Crippen LogP contribution < -0.4 is 21.3 Å². The molecule has 0 saturated carbocycles. The Morgan fingerprint density at radius 1 is 1.00 bits per heavy atom. The Morgan fingerprint density at radius 2 is 1.64 bits per heavy atom. The number of rotatable bonds is 12.